The zero-order valence-electron chi connectivity index (χ0n) is 10.3. The third-order valence-corrected chi connectivity index (χ3v) is 3.77. The molecule has 0 unspecified atom stereocenters. The van der Waals surface area contributed by atoms with Crippen molar-refractivity contribution < 1.29 is 9.13 Å². The van der Waals surface area contributed by atoms with Gasteiger partial charge in [0.05, 0.1) is 6.61 Å². The van der Waals surface area contributed by atoms with E-state index in [9.17, 15) is 4.39 Å². The zero-order chi connectivity index (χ0) is 11.8. The minimum Gasteiger partial charge on any atom is -0.493 e. The number of benzene rings is 1. The van der Waals surface area contributed by atoms with Crippen molar-refractivity contribution in [3.8, 4) is 5.75 Å². The van der Waals surface area contributed by atoms with Crippen molar-refractivity contribution in [2.75, 3.05) is 13.2 Å². The lowest BCUT2D eigenvalue weighted by Gasteiger charge is -2.11. The van der Waals surface area contributed by atoms with Gasteiger partial charge in [0.15, 0.2) is 0 Å². The molecule has 0 saturated heterocycles. The van der Waals surface area contributed by atoms with E-state index in [0.29, 0.717) is 18.4 Å². The van der Waals surface area contributed by atoms with E-state index < -0.39 is 0 Å². The summed E-state index contributed by atoms with van der Waals surface area (Å²) < 4.78 is 19.1. The summed E-state index contributed by atoms with van der Waals surface area (Å²) in [6.45, 7) is 1.46. The lowest BCUT2D eigenvalue weighted by molar-refractivity contribution is 0.296. The van der Waals surface area contributed by atoms with Crippen molar-refractivity contribution in [3.63, 3.8) is 0 Å². The van der Waals surface area contributed by atoms with E-state index in [-0.39, 0.29) is 18.2 Å². The molecule has 2 N–H and O–H groups in total. The minimum absolute atomic E-state index is 0. The maximum Gasteiger partial charge on any atom is 0.123 e. The molecule has 1 aromatic carbocycles. The van der Waals surface area contributed by atoms with Gasteiger partial charge in [-0.25, -0.2) is 4.39 Å². The Bertz CT molecular complexity index is 422. The van der Waals surface area contributed by atoms with Crippen LogP contribution in [0, 0.1) is 17.7 Å². The first-order chi connectivity index (χ1) is 8.28. The Balaban J connectivity index is 0.00000120. The normalized spacial score (nSPS) is 25.4. The Morgan fingerprint density at radius 3 is 2.72 bits per heavy atom. The number of halogens is 2. The second-order valence-corrected chi connectivity index (χ2v) is 5.27. The van der Waals surface area contributed by atoms with Crippen molar-refractivity contribution in [2.24, 2.45) is 17.6 Å². The molecule has 2 aliphatic carbocycles. The summed E-state index contributed by atoms with van der Waals surface area (Å²) >= 11 is 0. The summed E-state index contributed by atoms with van der Waals surface area (Å²) in [5.74, 6) is 2.32. The van der Waals surface area contributed by atoms with Gasteiger partial charge in [0, 0.05) is 5.56 Å². The van der Waals surface area contributed by atoms with E-state index in [1.807, 2.05) is 0 Å². The van der Waals surface area contributed by atoms with Gasteiger partial charge in [0.1, 0.15) is 11.6 Å². The molecule has 0 aromatic heterocycles. The SMILES string of the molecule is Cl.NC[C@H]1C[C@@H]1c1cc(F)ccc1OCC1CC1. The standard InChI is InChI=1S/C14H18FNO.ClH/c15-11-3-4-14(17-8-9-1-2-9)13(6-11)12-5-10(12)7-16;/h3-4,6,9-10,12H,1-2,5,7-8,16H2;1H/t10-,12+;/m1./s1. The van der Waals surface area contributed by atoms with Crippen LogP contribution in [0.4, 0.5) is 4.39 Å². The molecule has 0 aliphatic heterocycles. The molecule has 0 amide bonds. The molecule has 18 heavy (non-hydrogen) atoms. The molecule has 2 saturated carbocycles. The van der Waals surface area contributed by atoms with Crippen LogP contribution in [0.2, 0.25) is 0 Å². The summed E-state index contributed by atoms with van der Waals surface area (Å²) in [7, 11) is 0. The summed E-state index contributed by atoms with van der Waals surface area (Å²) in [4.78, 5) is 0. The van der Waals surface area contributed by atoms with Crippen molar-refractivity contribution in [3.05, 3.63) is 29.6 Å². The van der Waals surface area contributed by atoms with E-state index >= 15 is 0 Å². The van der Waals surface area contributed by atoms with E-state index in [1.54, 1.807) is 12.1 Å². The van der Waals surface area contributed by atoms with Crippen molar-refractivity contribution >= 4 is 12.4 Å². The largest absolute Gasteiger partial charge is 0.493 e. The van der Waals surface area contributed by atoms with Crippen LogP contribution in [0.3, 0.4) is 0 Å². The van der Waals surface area contributed by atoms with Crippen LogP contribution in [0.5, 0.6) is 5.75 Å². The van der Waals surface area contributed by atoms with Gasteiger partial charge in [-0.05, 0) is 61.8 Å². The van der Waals surface area contributed by atoms with Crippen molar-refractivity contribution in [1.29, 1.82) is 0 Å². The molecule has 2 fully saturated rings. The first-order valence-corrected chi connectivity index (χ1v) is 6.40. The molecule has 4 heteroatoms. The quantitative estimate of drug-likeness (QED) is 0.893. The van der Waals surface area contributed by atoms with Gasteiger partial charge >= 0.3 is 0 Å². The molecule has 0 bridgehead atoms. The summed E-state index contributed by atoms with van der Waals surface area (Å²) in [6, 6.07) is 4.85. The highest BCUT2D eigenvalue weighted by Crippen LogP contribution is 2.50. The van der Waals surface area contributed by atoms with Gasteiger partial charge in [-0.3, -0.25) is 0 Å². The Morgan fingerprint density at radius 2 is 2.11 bits per heavy atom. The fourth-order valence-electron chi connectivity index (χ4n) is 2.32. The first-order valence-electron chi connectivity index (χ1n) is 6.40. The Labute approximate surface area is 113 Å². The lowest BCUT2D eigenvalue weighted by atomic mass is 10.1. The minimum atomic E-state index is -0.179. The zero-order valence-corrected chi connectivity index (χ0v) is 11.1. The topological polar surface area (TPSA) is 35.2 Å². The highest BCUT2D eigenvalue weighted by atomic mass is 35.5. The van der Waals surface area contributed by atoms with Gasteiger partial charge in [-0.2, -0.15) is 0 Å². The fraction of sp³-hybridized carbons (Fsp3) is 0.571. The van der Waals surface area contributed by atoms with Crippen LogP contribution in [-0.4, -0.2) is 13.2 Å². The summed E-state index contributed by atoms with van der Waals surface area (Å²) in [5.41, 5.74) is 6.66. The van der Waals surface area contributed by atoms with Crippen LogP contribution in [-0.2, 0) is 0 Å². The lowest BCUT2D eigenvalue weighted by Crippen LogP contribution is -2.05. The predicted molar refractivity (Wildman–Crippen MR) is 71.8 cm³/mol. The molecule has 3 rings (SSSR count). The van der Waals surface area contributed by atoms with Gasteiger partial charge in [0.25, 0.3) is 0 Å². The highest BCUT2D eigenvalue weighted by Gasteiger charge is 2.39. The van der Waals surface area contributed by atoms with Crippen molar-refractivity contribution in [2.45, 2.75) is 25.2 Å². The number of hydrogen-bond acceptors (Lipinski definition) is 2. The molecule has 100 valence electrons. The fourth-order valence-corrected chi connectivity index (χ4v) is 2.32. The monoisotopic (exact) mass is 271 g/mol. The maximum atomic E-state index is 13.3. The highest BCUT2D eigenvalue weighted by molar-refractivity contribution is 5.85. The van der Waals surface area contributed by atoms with Gasteiger partial charge in [-0.15, -0.1) is 12.4 Å². The average molecular weight is 272 g/mol. The van der Waals surface area contributed by atoms with Crippen LogP contribution < -0.4 is 10.5 Å². The molecule has 0 spiro atoms. The van der Waals surface area contributed by atoms with E-state index in [0.717, 1.165) is 30.3 Å². The second-order valence-electron chi connectivity index (χ2n) is 5.27. The first kappa shape index (κ1) is 13.6. The molecule has 0 heterocycles. The predicted octanol–water partition coefficient (Wildman–Crippen LogP) is 3.10. The average Bonchev–Trinajstić information content (AvgIpc) is 3.21. The van der Waals surface area contributed by atoms with E-state index in [1.165, 1.54) is 18.9 Å². The van der Waals surface area contributed by atoms with Crippen LogP contribution in [0.25, 0.3) is 0 Å². The molecule has 2 nitrogen and oxygen atoms in total. The molecule has 0 radical (unpaired) electrons. The number of hydrogen-bond donors (Lipinski definition) is 1. The molecule has 2 aliphatic rings. The van der Waals surface area contributed by atoms with Crippen LogP contribution >= 0.6 is 12.4 Å². The van der Waals surface area contributed by atoms with Gasteiger partial charge in [0.2, 0.25) is 0 Å². The van der Waals surface area contributed by atoms with E-state index in [2.05, 4.69) is 0 Å². The number of rotatable bonds is 5. The van der Waals surface area contributed by atoms with E-state index in [4.69, 9.17) is 10.5 Å². The maximum absolute atomic E-state index is 13.3. The molecule has 1 aromatic rings. The number of nitrogens with two attached hydrogens (primary N) is 1. The summed E-state index contributed by atoms with van der Waals surface area (Å²) in [5, 5.41) is 0. The molecular formula is C14H19ClFNO. The molecular weight excluding hydrogens is 253 g/mol. The van der Waals surface area contributed by atoms with Gasteiger partial charge < -0.3 is 10.5 Å². The third-order valence-electron chi connectivity index (χ3n) is 3.77. The Hall–Kier alpha value is -0.800. The number of ether oxygens (including phenoxy) is 1. The second kappa shape index (κ2) is 5.45. The third kappa shape index (κ3) is 2.96. The Morgan fingerprint density at radius 1 is 1.33 bits per heavy atom. The Kier molecular flexibility index (Phi) is 4.13. The smallest absolute Gasteiger partial charge is 0.123 e. The van der Waals surface area contributed by atoms with Crippen molar-refractivity contribution in [1.82, 2.24) is 0 Å². The summed E-state index contributed by atoms with van der Waals surface area (Å²) in [6.07, 6.45) is 3.61. The molecule has 2 atom stereocenters. The van der Waals surface area contributed by atoms with Crippen LogP contribution in [0.15, 0.2) is 18.2 Å². The van der Waals surface area contributed by atoms with Gasteiger partial charge in [-0.1, -0.05) is 0 Å². The van der Waals surface area contributed by atoms with Crippen LogP contribution in [0.1, 0.15) is 30.7 Å².